The Morgan fingerprint density at radius 2 is 1.29 bits per heavy atom. The van der Waals surface area contributed by atoms with Crippen molar-refractivity contribution in [3.05, 3.63) is 121 Å². The van der Waals surface area contributed by atoms with Gasteiger partial charge in [-0.25, -0.2) is 19.6 Å². The molecule has 4 aromatic carbocycles. The average Bonchev–Trinajstić information content (AvgIpc) is 4.20. The second kappa shape index (κ2) is 19.0. The Morgan fingerprint density at radius 3 is 1.98 bits per heavy atom. The van der Waals surface area contributed by atoms with Crippen LogP contribution in [0, 0.1) is 11.8 Å². The second-order valence-electron chi connectivity index (χ2n) is 17.3. The smallest absolute Gasteiger partial charge is 0.407 e. The number of ether oxygens (including phenoxy) is 3. The molecule has 336 valence electrons. The number of alkyl carbamates (subject to hydrolysis) is 2. The standard InChI is InChI=1S/C50H54N8O7/c1-30-24-42(58(29-30)48(60)44(56-50(62)64-3)34-19-22-65-23-20-34)46-52-27-39(53-46)32-13-11-31(12-14-32)35-15-16-37-26-38(18-17-36(37)25-35)40-28-51-45(54-40)41-10-7-21-57(41)47(59)43(55-49(61)63-2)33-8-5-4-6-9-33/h4-6,8-9,11-18,25-28,30,34,41-44H,7,10,19-24,29H2,1-3H3,(H,51,54)(H,52,53)(H,55,61)(H,56,62)/t30-,41+,42+,43?,44+/m1/s1. The number of methoxy groups -OCH3 is 2. The molecule has 3 saturated heterocycles. The van der Waals surface area contributed by atoms with Crippen LogP contribution in [0.4, 0.5) is 9.59 Å². The van der Waals surface area contributed by atoms with Gasteiger partial charge < -0.3 is 44.6 Å². The minimum absolute atomic E-state index is 0.0384. The van der Waals surface area contributed by atoms with Crippen molar-refractivity contribution in [3.8, 4) is 33.6 Å². The van der Waals surface area contributed by atoms with E-state index in [2.05, 4.69) is 88.2 Å². The molecule has 4 N–H and O–H groups in total. The van der Waals surface area contributed by atoms with Crippen molar-refractivity contribution in [2.75, 3.05) is 40.5 Å². The zero-order valence-corrected chi connectivity index (χ0v) is 36.8. The van der Waals surface area contributed by atoms with E-state index in [4.69, 9.17) is 24.2 Å². The van der Waals surface area contributed by atoms with Crippen LogP contribution in [0.15, 0.2) is 103 Å². The molecule has 15 nitrogen and oxygen atoms in total. The molecule has 2 aromatic heterocycles. The number of rotatable bonds is 11. The normalized spacial score (nSPS) is 19.8. The van der Waals surface area contributed by atoms with Crippen LogP contribution in [0.2, 0.25) is 0 Å². The quantitative estimate of drug-likeness (QED) is 0.0999. The first-order valence-electron chi connectivity index (χ1n) is 22.3. The molecule has 1 unspecified atom stereocenters. The summed E-state index contributed by atoms with van der Waals surface area (Å²) in [6.07, 6.45) is 6.06. The minimum Gasteiger partial charge on any atom is -0.453 e. The van der Waals surface area contributed by atoms with Crippen LogP contribution in [0.1, 0.15) is 74.4 Å². The number of hydrogen-bond donors (Lipinski definition) is 4. The number of aromatic nitrogens is 4. The molecule has 15 heteroatoms. The molecule has 0 bridgehead atoms. The van der Waals surface area contributed by atoms with E-state index in [0.717, 1.165) is 69.5 Å². The highest BCUT2D eigenvalue weighted by Gasteiger charge is 2.42. The van der Waals surface area contributed by atoms with Crippen LogP contribution in [0.5, 0.6) is 0 Å². The van der Waals surface area contributed by atoms with E-state index < -0.39 is 24.3 Å². The van der Waals surface area contributed by atoms with Gasteiger partial charge in [-0.15, -0.1) is 0 Å². The maximum absolute atomic E-state index is 14.1. The number of carbonyl (C=O) groups excluding carboxylic acids is 4. The zero-order chi connectivity index (χ0) is 45.0. The highest BCUT2D eigenvalue weighted by atomic mass is 16.5. The molecule has 3 fully saturated rings. The van der Waals surface area contributed by atoms with E-state index in [1.165, 1.54) is 14.2 Å². The topological polar surface area (TPSA) is 184 Å². The van der Waals surface area contributed by atoms with E-state index in [1.807, 2.05) is 47.6 Å². The van der Waals surface area contributed by atoms with Crippen molar-refractivity contribution in [2.45, 2.75) is 63.2 Å². The Labute approximate surface area is 377 Å². The first kappa shape index (κ1) is 43.3. The summed E-state index contributed by atoms with van der Waals surface area (Å²) < 4.78 is 15.3. The van der Waals surface area contributed by atoms with Gasteiger partial charge in [-0.3, -0.25) is 9.59 Å². The summed E-state index contributed by atoms with van der Waals surface area (Å²) in [5, 5.41) is 7.73. The molecule has 4 amide bonds. The van der Waals surface area contributed by atoms with Crippen molar-refractivity contribution in [1.82, 2.24) is 40.4 Å². The molecule has 9 rings (SSSR count). The van der Waals surface area contributed by atoms with Gasteiger partial charge in [0.25, 0.3) is 5.91 Å². The minimum atomic E-state index is -0.884. The lowest BCUT2D eigenvalue weighted by atomic mass is 9.90. The van der Waals surface area contributed by atoms with Crippen molar-refractivity contribution in [3.63, 3.8) is 0 Å². The lowest BCUT2D eigenvalue weighted by Crippen LogP contribution is -2.53. The summed E-state index contributed by atoms with van der Waals surface area (Å²) >= 11 is 0. The van der Waals surface area contributed by atoms with Crippen molar-refractivity contribution in [2.24, 2.45) is 11.8 Å². The number of nitrogens with one attached hydrogen (secondary N) is 4. The van der Waals surface area contributed by atoms with E-state index in [9.17, 15) is 19.2 Å². The lowest BCUT2D eigenvalue weighted by Gasteiger charge is -2.34. The molecule has 5 atom stereocenters. The number of nitrogens with zero attached hydrogens (tertiary/aromatic N) is 4. The van der Waals surface area contributed by atoms with E-state index in [1.54, 1.807) is 4.90 Å². The Bertz CT molecular complexity index is 2660. The predicted octanol–water partition coefficient (Wildman–Crippen LogP) is 8.11. The molecule has 0 spiro atoms. The van der Waals surface area contributed by atoms with Gasteiger partial charge in [-0.05, 0) is 89.1 Å². The Kier molecular flexibility index (Phi) is 12.6. The van der Waals surface area contributed by atoms with Gasteiger partial charge >= 0.3 is 12.2 Å². The van der Waals surface area contributed by atoms with Crippen molar-refractivity contribution < 1.29 is 33.4 Å². The fourth-order valence-corrected chi connectivity index (χ4v) is 9.67. The molecule has 5 heterocycles. The number of benzene rings is 4. The highest BCUT2D eigenvalue weighted by molar-refractivity contribution is 5.91. The third-order valence-electron chi connectivity index (χ3n) is 13.1. The van der Waals surface area contributed by atoms with E-state index >= 15 is 0 Å². The predicted molar refractivity (Wildman–Crippen MR) is 244 cm³/mol. The van der Waals surface area contributed by atoms with Gasteiger partial charge in [0.05, 0.1) is 50.1 Å². The Morgan fingerprint density at radius 1 is 0.692 bits per heavy atom. The number of carbonyl (C=O) groups is 4. The maximum atomic E-state index is 14.1. The van der Waals surface area contributed by atoms with Crippen molar-refractivity contribution in [1.29, 1.82) is 0 Å². The molecule has 0 radical (unpaired) electrons. The molecular weight excluding hydrogens is 825 g/mol. The molecule has 6 aromatic rings. The lowest BCUT2D eigenvalue weighted by molar-refractivity contribution is -0.137. The Hall–Kier alpha value is -7.00. The summed E-state index contributed by atoms with van der Waals surface area (Å²) in [5.74, 6) is 1.33. The average molecular weight is 879 g/mol. The summed E-state index contributed by atoms with van der Waals surface area (Å²) in [5.41, 5.74) is 6.51. The third-order valence-corrected chi connectivity index (χ3v) is 13.1. The monoisotopic (exact) mass is 878 g/mol. The van der Waals surface area contributed by atoms with Gasteiger partial charge in [-0.1, -0.05) is 85.8 Å². The van der Waals surface area contributed by atoms with Crippen LogP contribution < -0.4 is 10.6 Å². The molecule has 65 heavy (non-hydrogen) atoms. The summed E-state index contributed by atoms with van der Waals surface area (Å²) in [7, 11) is 2.59. The fraction of sp³-hybridized carbons (Fsp3) is 0.360. The fourth-order valence-electron chi connectivity index (χ4n) is 9.67. The highest BCUT2D eigenvalue weighted by Crippen LogP contribution is 2.38. The molecular formula is C50H54N8O7. The van der Waals surface area contributed by atoms with Crippen LogP contribution in [-0.2, 0) is 23.8 Å². The second-order valence-corrected chi connectivity index (χ2v) is 17.3. The van der Waals surface area contributed by atoms with Gasteiger partial charge in [0.1, 0.15) is 23.7 Å². The number of amides is 4. The maximum Gasteiger partial charge on any atom is 0.407 e. The summed E-state index contributed by atoms with van der Waals surface area (Å²) in [6, 6.07) is 28.2. The molecule has 3 aliphatic rings. The number of likely N-dealkylation sites (tertiary alicyclic amines) is 2. The first-order chi connectivity index (χ1) is 31.7. The number of fused-ring (bicyclic) bond motifs is 1. The van der Waals surface area contributed by atoms with Gasteiger partial charge in [0.2, 0.25) is 5.91 Å². The van der Waals surface area contributed by atoms with Gasteiger partial charge in [-0.2, -0.15) is 0 Å². The molecule has 3 aliphatic heterocycles. The van der Waals surface area contributed by atoms with Crippen LogP contribution in [0.3, 0.4) is 0 Å². The molecule has 0 saturated carbocycles. The van der Waals surface area contributed by atoms with Crippen LogP contribution in [-0.4, -0.2) is 100 Å². The van der Waals surface area contributed by atoms with Gasteiger partial charge in [0.15, 0.2) is 0 Å². The number of H-pyrrole nitrogens is 2. The number of imidazole rings is 2. The molecule has 0 aliphatic carbocycles. The third kappa shape index (κ3) is 9.19. The SMILES string of the molecule is COC(=O)NC(C(=O)N1CCC[C@H]1c1ncc(-c2ccc3cc(-c4ccc(-c5cnc([C@@H]6C[C@@H](C)CN6C(=O)[C@@H](NC(=O)OC)C6CCOCC6)[nH]5)cc4)ccc3c2)[nH]1)c1ccccc1. The van der Waals surface area contributed by atoms with Crippen molar-refractivity contribution >= 4 is 34.8 Å². The Balaban J connectivity index is 0.875. The largest absolute Gasteiger partial charge is 0.453 e. The van der Waals surface area contributed by atoms with Gasteiger partial charge in [0, 0.05) is 31.9 Å². The number of hydrogen-bond acceptors (Lipinski definition) is 9. The zero-order valence-electron chi connectivity index (χ0n) is 36.8. The number of aromatic amines is 2. The first-order valence-corrected chi connectivity index (χ1v) is 22.3. The van der Waals surface area contributed by atoms with Crippen LogP contribution in [0.25, 0.3) is 44.4 Å². The van der Waals surface area contributed by atoms with Crippen LogP contribution >= 0.6 is 0 Å². The van der Waals surface area contributed by atoms with E-state index in [0.29, 0.717) is 50.5 Å². The van der Waals surface area contributed by atoms with E-state index in [-0.39, 0.29) is 35.7 Å². The summed E-state index contributed by atoms with van der Waals surface area (Å²) in [6.45, 7) is 4.37. The summed E-state index contributed by atoms with van der Waals surface area (Å²) in [4.78, 5) is 72.9.